The van der Waals surface area contributed by atoms with Crippen molar-refractivity contribution in [2.24, 2.45) is 0 Å². The second-order valence-corrected chi connectivity index (χ2v) is 6.70. The molecule has 0 saturated carbocycles. The van der Waals surface area contributed by atoms with Crippen molar-refractivity contribution in [2.75, 3.05) is 0 Å². The fourth-order valence-electron chi connectivity index (χ4n) is 3.52. The van der Waals surface area contributed by atoms with Gasteiger partial charge in [0.2, 0.25) is 0 Å². The Balaban J connectivity index is 2.29. The van der Waals surface area contributed by atoms with Crippen LogP contribution in [0.15, 0.2) is 48.0 Å². The number of aromatic nitrogens is 2. The molecule has 0 radical (unpaired) electrons. The number of fused-ring (bicyclic) bond motifs is 1. The molecule has 0 saturated heterocycles. The number of hydrogen-bond donors (Lipinski definition) is 1. The van der Waals surface area contributed by atoms with Crippen LogP contribution in [0.25, 0.3) is 16.6 Å². The van der Waals surface area contributed by atoms with Crippen molar-refractivity contribution >= 4 is 11.5 Å². The molecule has 0 aliphatic heterocycles. The van der Waals surface area contributed by atoms with E-state index in [0.717, 1.165) is 40.0 Å². The Morgan fingerprint density at radius 1 is 1.29 bits per heavy atom. The Hall–Kier alpha value is -3.39. The molecule has 1 aromatic carbocycles. The Bertz CT molecular complexity index is 1120. The van der Waals surface area contributed by atoms with Crippen molar-refractivity contribution in [2.45, 2.75) is 40.0 Å². The molecular weight excluding hydrogens is 350 g/mol. The van der Waals surface area contributed by atoms with Gasteiger partial charge >= 0.3 is 5.97 Å². The van der Waals surface area contributed by atoms with Crippen LogP contribution >= 0.6 is 0 Å². The monoisotopic (exact) mass is 373 g/mol. The highest BCUT2D eigenvalue weighted by molar-refractivity contribution is 5.87. The molecule has 2 heterocycles. The molecule has 3 aromatic rings. The number of nitriles is 1. The maximum atomic E-state index is 11.4. The van der Waals surface area contributed by atoms with Crippen molar-refractivity contribution in [3.63, 3.8) is 0 Å². The van der Waals surface area contributed by atoms with Crippen molar-refractivity contribution in [3.8, 4) is 17.2 Å². The number of aliphatic carboxylic acids is 1. The van der Waals surface area contributed by atoms with E-state index in [1.807, 2.05) is 42.6 Å². The van der Waals surface area contributed by atoms with Crippen LogP contribution in [0.3, 0.4) is 0 Å². The molecule has 142 valence electrons. The van der Waals surface area contributed by atoms with E-state index in [4.69, 9.17) is 5.10 Å². The van der Waals surface area contributed by atoms with E-state index in [1.54, 1.807) is 12.1 Å². The minimum atomic E-state index is -0.891. The highest BCUT2D eigenvalue weighted by Gasteiger charge is 2.17. The zero-order valence-corrected chi connectivity index (χ0v) is 16.4. The maximum Gasteiger partial charge on any atom is 0.331 e. The van der Waals surface area contributed by atoms with Gasteiger partial charge in [0, 0.05) is 16.8 Å². The molecule has 0 aliphatic rings. The molecule has 28 heavy (non-hydrogen) atoms. The molecule has 2 aromatic heterocycles. The van der Waals surface area contributed by atoms with Crippen LogP contribution in [0.2, 0.25) is 0 Å². The first-order chi connectivity index (χ1) is 13.5. The lowest BCUT2D eigenvalue weighted by Gasteiger charge is -2.15. The lowest BCUT2D eigenvalue weighted by atomic mass is 9.94. The second-order valence-electron chi connectivity index (χ2n) is 6.70. The summed E-state index contributed by atoms with van der Waals surface area (Å²) in [5.41, 5.74) is 6.83. The first-order valence-corrected chi connectivity index (χ1v) is 9.43. The third-order valence-corrected chi connectivity index (χ3v) is 5.03. The standard InChI is InChI=1S/C23H23N3O2/c1-4-17(23(27)28)9-11-20-15(3)25-26-19(5-2)10-12-21(26)22(20)18-8-6-7-16(13-18)14-24/h6-10,12-13H,4-5,11H2,1-3H3,(H,27,28). The van der Waals surface area contributed by atoms with Gasteiger partial charge in [0.15, 0.2) is 0 Å². The van der Waals surface area contributed by atoms with Crippen LogP contribution in [-0.2, 0) is 17.6 Å². The molecule has 0 bridgehead atoms. The van der Waals surface area contributed by atoms with Crippen LogP contribution < -0.4 is 0 Å². The van der Waals surface area contributed by atoms with Crippen molar-refractivity contribution in [1.82, 2.24) is 9.61 Å². The smallest absolute Gasteiger partial charge is 0.331 e. The first kappa shape index (κ1) is 19.4. The van der Waals surface area contributed by atoms with E-state index in [0.29, 0.717) is 24.0 Å². The molecule has 0 fully saturated rings. The Morgan fingerprint density at radius 2 is 2.07 bits per heavy atom. The quantitative estimate of drug-likeness (QED) is 0.635. The fourth-order valence-corrected chi connectivity index (χ4v) is 3.52. The van der Waals surface area contributed by atoms with Crippen molar-refractivity contribution in [3.05, 3.63) is 70.6 Å². The van der Waals surface area contributed by atoms with E-state index in [-0.39, 0.29) is 0 Å². The lowest BCUT2D eigenvalue weighted by molar-refractivity contribution is -0.132. The number of allylic oxidation sites excluding steroid dienone is 1. The molecule has 1 N–H and O–H groups in total. The molecule has 3 rings (SSSR count). The zero-order chi connectivity index (χ0) is 20.3. The van der Waals surface area contributed by atoms with Gasteiger partial charge in [-0.25, -0.2) is 9.31 Å². The summed E-state index contributed by atoms with van der Waals surface area (Å²) < 4.78 is 1.95. The summed E-state index contributed by atoms with van der Waals surface area (Å²) in [6, 6.07) is 13.8. The van der Waals surface area contributed by atoms with Crippen LogP contribution in [0.5, 0.6) is 0 Å². The number of carboxylic acids is 1. The normalized spacial score (nSPS) is 11.6. The molecule has 5 heteroatoms. The minimum Gasteiger partial charge on any atom is -0.478 e. The van der Waals surface area contributed by atoms with E-state index in [2.05, 4.69) is 19.1 Å². The highest BCUT2D eigenvalue weighted by Crippen LogP contribution is 2.32. The predicted octanol–water partition coefficient (Wildman–Crippen LogP) is 4.71. The Morgan fingerprint density at radius 3 is 2.71 bits per heavy atom. The lowest BCUT2D eigenvalue weighted by Crippen LogP contribution is -2.06. The third kappa shape index (κ3) is 3.54. The summed E-state index contributed by atoms with van der Waals surface area (Å²) in [4.78, 5) is 11.4. The number of rotatable bonds is 6. The van der Waals surface area contributed by atoms with Gasteiger partial charge in [-0.1, -0.05) is 32.1 Å². The minimum absolute atomic E-state index is 0.389. The summed E-state index contributed by atoms with van der Waals surface area (Å²) in [7, 11) is 0. The molecule has 0 atom stereocenters. The topological polar surface area (TPSA) is 78.4 Å². The number of benzene rings is 1. The van der Waals surface area contributed by atoms with Crippen LogP contribution in [0.1, 0.15) is 42.8 Å². The molecule has 5 nitrogen and oxygen atoms in total. The van der Waals surface area contributed by atoms with E-state index >= 15 is 0 Å². The number of aryl methyl sites for hydroxylation is 2. The van der Waals surface area contributed by atoms with Crippen LogP contribution in [0, 0.1) is 18.3 Å². The van der Waals surface area contributed by atoms with Gasteiger partial charge in [0.25, 0.3) is 0 Å². The van der Waals surface area contributed by atoms with Gasteiger partial charge in [-0.2, -0.15) is 10.4 Å². The van der Waals surface area contributed by atoms with Gasteiger partial charge in [0.05, 0.1) is 22.8 Å². The average molecular weight is 373 g/mol. The Labute approximate surface area is 164 Å². The summed E-state index contributed by atoms with van der Waals surface area (Å²) in [6.07, 6.45) is 3.57. The average Bonchev–Trinajstić information content (AvgIpc) is 3.10. The van der Waals surface area contributed by atoms with Crippen molar-refractivity contribution < 1.29 is 9.90 Å². The van der Waals surface area contributed by atoms with Gasteiger partial charge < -0.3 is 5.11 Å². The summed E-state index contributed by atoms with van der Waals surface area (Å²) >= 11 is 0. The highest BCUT2D eigenvalue weighted by atomic mass is 16.4. The number of hydrogen-bond acceptors (Lipinski definition) is 3. The molecule has 0 aliphatic carbocycles. The van der Waals surface area contributed by atoms with Gasteiger partial charge in [-0.15, -0.1) is 0 Å². The van der Waals surface area contributed by atoms with Crippen LogP contribution in [-0.4, -0.2) is 20.7 Å². The SMILES string of the molecule is CCC(=CCc1c(C)nn2c(CC)ccc2c1-c1cccc(C#N)c1)C(=O)O. The number of carbonyl (C=O) groups is 1. The molecule has 0 unspecified atom stereocenters. The number of carboxylic acid groups (broad SMARTS) is 1. The van der Waals surface area contributed by atoms with E-state index in [9.17, 15) is 15.2 Å². The van der Waals surface area contributed by atoms with Gasteiger partial charge in [0.1, 0.15) is 0 Å². The second kappa shape index (κ2) is 8.10. The zero-order valence-electron chi connectivity index (χ0n) is 16.4. The van der Waals surface area contributed by atoms with Crippen molar-refractivity contribution in [1.29, 1.82) is 5.26 Å². The summed E-state index contributed by atoms with van der Waals surface area (Å²) in [5.74, 6) is -0.891. The first-order valence-electron chi connectivity index (χ1n) is 9.43. The summed E-state index contributed by atoms with van der Waals surface area (Å²) in [6.45, 7) is 5.88. The third-order valence-electron chi connectivity index (χ3n) is 5.03. The van der Waals surface area contributed by atoms with Gasteiger partial charge in [-0.05, 0) is 61.6 Å². The van der Waals surface area contributed by atoms with E-state index < -0.39 is 5.97 Å². The summed E-state index contributed by atoms with van der Waals surface area (Å²) in [5, 5.41) is 23.4. The predicted molar refractivity (Wildman–Crippen MR) is 109 cm³/mol. The fraction of sp³-hybridized carbons (Fsp3) is 0.261. The Kier molecular flexibility index (Phi) is 5.60. The number of nitrogens with zero attached hydrogens (tertiary/aromatic N) is 3. The molecule has 0 spiro atoms. The molecular formula is C23H23N3O2. The molecule has 0 amide bonds. The van der Waals surface area contributed by atoms with E-state index in [1.165, 1.54) is 0 Å². The van der Waals surface area contributed by atoms with Gasteiger partial charge in [-0.3, -0.25) is 0 Å². The maximum absolute atomic E-state index is 11.4. The largest absolute Gasteiger partial charge is 0.478 e. The van der Waals surface area contributed by atoms with Crippen LogP contribution in [0.4, 0.5) is 0 Å².